The van der Waals surface area contributed by atoms with Gasteiger partial charge in [0.25, 0.3) is 8.32 Å². The molecule has 6 nitrogen and oxygen atoms in total. The molecule has 4 rings (SSSR count). The van der Waals surface area contributed by atoms with Crippen LogP contribution in [0.1, 0.15) is 103 Å². The standard InChI is InChI=1S/C51H78O6Si3/c1-37-35-39(3)46(48(52)53-33-34-58(13,14)15)41(36-37)25-24-30-44-47(55-51(11,12)54-44)45(57-59(16,17)49(5,6)7)32-31-38(2)40(4)56-60(50(8,9)10,42-26-20-18-21-27-42)43-28-22-19-23-29-43/h18-29,31-32,35-36,38,40,44-45,47H,30,33-34H2,1-17H3/b25-24+,32-31-/t38-,40-,44+,45?,47-/m0/s1. The molecule has 1 aliphatic rings. The molecule has 1 saturated heterocycles. The van der Waals surface area contributed by atoms with Crippen molar-refractivity contribution in [1.82, 2.24) is 0 Å². The van der Waals surface area contributed by atoms with Crippen molar-refractivity contribution >= 4 is 47.1 Å². The van der Waals surface area contributed by atoms with Crippen molar-refractivity contribution < 1.29 is 27.9 Å². The first-order valence-corrected chi connectivity index (χ1v) is 30.7. The minimum absolute atomic E-state index is 0.0160. The number of carbonyl (C=O) groups excluding carboxylic acids is 1. The summed E-state index contributed by atoms with van der Waals surface area (Å²) in [7, 11) is -6.39. The number of ether oxygens (including phenoxy) is 3. The van der Waals surface area contributed by atoms with E-state index in [-0.39, 0.29) is 46.4 Å². The third-order valence-corrected chi connectivity index (χ3v) is 23.7. The fourth-order valence-corrected chi connectivity index (χ4v) is 14.6. The molecule has 3 aromatic rings. The molecule has 0 aliphatic carbocycles. The zero-order chi connectivity index (χ0) is 44.9. The van der Waals surface area contributed by atoms with E-state index >= 15 is 0 Å². The van der Waals surface area contributed by atoms with Gasteiger partial charge in [0.05, 0.1) is 24.4 Å². The van der Waals surface area contributed by atoms with E-state index in [9.17, 15) is 4.79 Å². The summed E-state index contributed by atoms with van der Waals surface area (Å²) in [5, 5.41) is 2.40. The highest BCUT2D eigenvalue weighted by Gasteiger charge is 2.52. The summed E-state index contributed by atoms with van der Waals surface area (Å²) < 4.78 is 34.1. The Hall–Kier alpha value is -2.90. The van der Waals surface area contributed by atoms with E-state index < -0.39 is 30.5 Å². The van der Waals surface area contributed by atoms with Crippen LogP contribution in [0.25, 0.3) is 6.08 Å². The van der Waals surface area contributed by atoms with Crippen LogP contribution >= 0.6 is 0 Å². The molecule has 1 fully saturated rings. The van der Waals surface area contributed by atoms with Crippen LogP contribution in [0.15, 0.2) is 91.0 Å². The van der Waals surface area contributed by atoms with Crippen molar-refractivity contribution in [1.29, 1.82) is 0 Å². The van der Waals surface area contributed by atoms with Gasteiger partial charge < -0.3 is 23.1 Å². The Kier molecular flexibility index (Phi) is 16.3. The van der Waals surface area contributed by atoms with Gasteiger partial charge in [0.1, 0.15) is 6.10 Å². The molecule has 60 heavy (non-hydrogen) atoms. The molecule has 0 bridgehead atoms. The summed E-state index contributed by atoms with van der Waals surface area (Å²) in [5.74, 6) is -0.998. The van der Waals surface area contributed by atoms with Crippen LogP contribution in [0.3, 0.4) is 0 Å². The fraction of sp³-hybridized carbons (Fsp3) is 0.549. The molecule has 9 heteroatoms. The van der Waals surface area contributed by atoms with Gasteiger partial charge in [-0.2, -0.15) is 0 Å². The van der Waals surface area contributed by atoms with Gasteiger partial charge in [-0.15, -0.1) is 0 Å². The monoisotopic (exact) mass is 871 g/mol. The van der Waals surface area contributed by atoms with E-state index in [1.54, 1.807) is 0 Å². The maximum Gasteiger partial charge on any atom is 0.338 e. The quantitative estimate of drug-likeness (QED) is 0.0765. The van der Waals surface area contributed by atoms with Crippen LogP contribution in [-0.4, -0.2) is 67.5 Å². The molecule has 3 aromatic carbocycles. The van der Waals surface area contributed by atoms with Gasteiger partial charge in [0.15, 0.2) is 14.1 Å². The molecule has 1 aliphatic heterocycles. The average molecular weight is 871 g/mol. The van der Waals surface area contributed by atoms with Crippen LogP contribution in [0, 0.1) is 19.8 Å². The molecule has 5 atom stereocenters. The minimum atomic E-state index is -2.76. The lowest BCUT2D eigenvalue weighted by Gasteiger charge is -2.45. The Morgan fingerprint density at radius 2 is 1.37 bits per heavy atom. The number of carbonyl (C=O) groups is 1. The number of benzene rings is 3. The van der Waals surface area contributed by atoms with E-state index in [0.29, 0.717) is 18.6 Å². The third kappa shape index (κ3) is 12.6. The first-order chi connectivity index (χ1) is 27.7. The number of rotatable bonds is 17. The molecule has 0 spiro atoms. The smallest absolute Gasteiger partial charge is 0.338 e. The summed E-state index contributed by atoms with van der Waals surface area (Å²) in [6.45, 7) is 38.2. The highest BCUT2D eigenvalue weighted by molar-refractivity contribution is 6.99. The van der Waals surface area contributed by atoms with Crippen molar-refractivity contribution in [3.8, 4) is 0 Å². The van der Waals surface area contributed by atoms with Crippen LogP contribution in [0.4, 0.5) is 0 Å². The van der Waals surface area contributed by atoms with Gasteiger partial charge in [-0.3, -0.25) is 0 Å². The van der Waals surface area contributed by atoms with Crippen molar-refractivity contribution in [2.75, 3.05) is 6.61 Å². The number of esters is 1. The topological polar surface area (TPSA) is 63.2 Å². The average Bonchev–Trinajstić information content (AvgIpc) is 3.44. The first-order valence-electron chi connectivity index (χ1n) is 22.1. The van der Waals surface area contributed by atoms with Crippen molar-refractivity contribution in [2.45, 2.75) is 169 Å². The Balaban J connectivity index is 1.67. The van der Waals surface area contributed by atoms with E-state index in [2.05, 4.69) is 186 Å². The summed E-state index contributed by atoms with van der Waals surface area (Å²) >= 11 is 0. The van der Waals surface area contributed by atoms with Gasteiger partial charge >= 0.3 is 5.97 Å². The second kappa shape index (κ2) is 19.7. The van der Waals surface area contributed by atoms with Crippen LogP contribution in [0.5, 0.6) is 0 Å². The maximum absolute atomic E-state index is 13.5. The fourth-order valence-electron chi connectivity index (χ4n) is 7.84. The van der Waals surface area contributed by atoms with Gasteiger partial charge in [-0.05, 0) is 97.7 Å². The Bertz CT molecular complexity index is 1880. The molecule has 0 radical (unpaired) electrons. The summed E-state index contributed by atoms with van der Waals surface area (Å²) in [6.07, 6.45) is 8.16. The first kappa shape index (κ1) is 49.8. The SMILES string of the molecule is Cc1cc(C)c(C(=O)OCC[Si](C)(C)C)c(/C=C/C[C@H]2OC(C)(C)O[C@@H]2C(/C=C\[C@H](C)[C@H](C)O[Si](c2ccccc2)(c2ccccc2)C(C)(C)C)O[Si](C)(C)C(C)(C)C)c1. The minimum Gasteiger partial charge on any atom is -0.462 e. The highest BCUT2D eigenvalue weighted by Crippen LogP contribution is 2.42. The van der Waals surface area contributed by atoms with E-state index in [4.69, 9.17) is 23.1 Å². The number of aryl methyl sites for hydroxylation is 2. The molecule has 1 heterocycles. The third-order valence-electron chi connectivity index (χ3n) is 12.4. The van der Waals surface area contributed by atoms with E-state index in [1.165, 1.54) is 10.4 Å². The maximum atomic E-state index is 13.5. The number of hydrogen-bond acceptors (Lipinski definition) is 6. The summed E-state index contributed by atoms with van der Waals surface area (Å²) in [4.78, 5) is 13.5. The largest absolute Gasteiger partial charge is 0.462 e. The van der Waals surface area contributed by atoms with Crippen molar-refractivity contribution in [2.24, 2.45) is 5.92 Å². The second-order valence-corrected chi connectivity index (χ2v) is 36.0. The van der Waals surface area contributed by atoms with Crippen LogP contribution in [0.2, 0.25) is 48.9 Å². The lowest BCUT2D eigenvalue weighted by atomic mass is 9.97. The van der Waals surface area contributed by atoms with E-state index in [0.717, 1.165) is 22.7 Å². The van der Waals surface area contributed by atoms with Gasteiger partial charge in [0, 0.05) is 14.2 Å². The molecule has 1 unspecified atom stereocenters. The molecule has 0 N–H and O–H groups in total. The molecule has 330 valence electrons. The Morgan fingerprint density at radius 1 is 0.800 bits per heavy atom. The van der Waals surface area contributed by atoms with Gasteiger partial charge in [-0.1, -0.05) is 171 Å². The van der Waals surface area contributed by atoms with E-state index in [1.807, 2.05) is 26.8 Å². The predicted octanol–water partition coefficient (Wildman–Crippen LogP) is 12.3. The lowest BCUT2D eigenvalue weighted by Crippen LogP contribution is -2.67. The lowest BCUT2D eigenvalue weighted by molar-refractivity contribution is -0.151. The highest BCUT2D eigenvalue weighted by atomic mass is 28.4. The van der Waals surface area contributed by atoms with Crippen molar-refractivity contribution in [3.63, 3.8) is 0 Å². The molecular formula is C51H78O6Si3. The Labute approximate surface area is 367 Å². The summed E-state index contributed by atoms with van der Waals surface area (Å²) in [6, 6.07) is 26.7. The zero-order valence-corrected chi connectivity index (χ0v) is 43.2. The molecule has 0 amide bonds. The van der Waals surface area contributed by atoms with Crippen molar-refractivity contribution in [3.05, 3.63) is 113 Å². The van der Waals surface area contributed by atoms with Crippen LogP contribution < -0.4 is 10.4 Å². The van der Waals surface area contributed by atoms with Gasteiger partial charge in [-0.25, -0.2) is 4.79 Å². The van der Waals surface area contributed by atoms with Crippen LogP contribution in [-0.2, 0) is 23.1 Å². The summed E-state index contributed by atoms with van der Waals surface area (Å²) in [5.41, 5.74) is 3.50. The molecule has 0 aromatic heterocycles. The zero-order valence-electron chi connectivity index (χ0n) is 40.2. The normalized spacial score (nSPS) is 19.5. The van der Waals surface area contributed by atoms with Gasteiger partial charge in [0.2, 0.25) is 0 Å². The predicted molar refractivity (Wildman–Crippen MR) is 260 cm³/mol. The molecule has 0 saturated carbocycles. The Morgan fingerprint density at radius 3 is 1.88 bits per heavy atom. The second-order valence-electron chi connectivity index (χ2n) is 21.3. The molecular weight excluding hydrogens is 793 g/mol. The number of hydrogen-bond donors (Lipinski definition) is 0.